The van der Waals surface area contributed by atoms with E-state index in [1.54, 1.807) is 6.07 Å². The van der Waals surface area contributed by atoms with Crippen LogP contribution in [0.3, 0.4) is 0 Å². The standard InChI is InChI=1S/C10H10F3N3O2/c1-17-9-8(18-10(11,12)13)6(2-3-14)4-7(5-15)16-9/h4H,2,5,15H2,1H3. The highest BCUT2D eigenvalue weighted by molar-refractivity contribution is 5.44. The molecular weight excluding hydrogens is 251 g/mol. The number of nitriles is 1. The molecule has 0 aliphatic heterocycles. The van der Waals surface area contributed by atoms with Crippen LogP contribution < -0.4 is 15.2 Å². The Morgan fingerprint density at radius 1 is 1.50 bits per heavy atom. The third-order valence-corrected chi connectivity index (χ3v) is 1.96. The number of ether oxygens (including phenoxy) is 2. The van der Waals surface area contributed by atoms with Gasteiger partial charge in [-0.15, -0.1) is 13.2 Å². The number of nitrogens with zero attached hydrogens (tertiary/aromatic N) is 2. The lowest BCUT2D eigenvalue weighted by molar-refractivity contribution is -0.275. The molecule has 2 N–H and O–H groups in total. The molecule has 0 aliphatic carbocycles. The summed E-state index contributed by atoms with van der Waals surface area (Å²) in [6.45, 7) is 0.0150. The van der Waals surface area contributed by atoms with E-state index in [2.05, 4.69) is 9.72 Å². The molecule has 0 aromatic carbocycles. The minimum absolute atomic E-state index is 0.0150. The second-order valence-corrected chi connectivity index (χ2v) is 3.20. The summed E-state index contributed by atoms with van der Waals surface area (Å²) in [6, 6.07) is 3.03. The number of aromatic nitrogens is 1. The Morgan fingerprint density at radius 3 is 2.61 bits per heavy atom. The lowest BCUT2D eigenvalue weighted by Crippen LogP contribution is -2.19. The second kappa shape index (κ2) is 5.55. The average Bonchev–Trinajstić information content (AvgIpc) is 2.29. The van der Waals surface area contributed by atoms with Crippen LogP contribution in [0.5, 0.6) is 11.6 Å². The minimum atomic E-state index is -4.89. The molecule has 0 radical (unpaired) electrons. The SMILES string of the molecule is COc1nc(CN)cc(CC#N)c1OC(F)(F)F. The van der Waals surface area contributed by atoms with Gasteiger partial charge in [-0.05, 0) is 6.07 Å². The van der Waals surface area contributed by atoms with Crippen LogP contribution in [0.15, 0.2) is 6.07 Å². The van der Waals surface area contributed by atoms with E-state index in [0.29, 0.717) is 5.69 Å². The van der Waals surface area contributed by atoms with E-state index >= 15 is 0 Å². The molecule has 1 aromatic rings. The van der Waals surface area contributed by atoms with Gasteiger partial charge in [0, 0.05) is 12.1 Å². The maximum absolute atomic E-state index is 12.2. The monoisotopic (exact) mass is 261 g/mol. The number of hydrogen-bond donors (Lipinski definition) is 1. The number of methoxy groups -OCH3 is 1. The van der Waals surface area contributed by atoms with Crippen LogP contribution in [-0.4, -0.2) is 18.5 Å². The predicted octanol–water partition coefficient (Wildman–Crippen LogP) is 1.51. The fourth-order valence-electron chi connectivity index (χ4n) is 1.30. The zero-order chi connectivity index (χ0) is 13.8. The van der Waals surface area contributed by atoms with E-state index in [4.69, 9.17) is 15.7 Å². The maximum atomic E-state index is 12.2. The van der Waals surface area contributed by atoms with Crippen LogP contribution >= 0.6 is 0 Å². The molecule has 98 valence electrons. The first kappa shape index (κ1) is 14.1. The van der Waals surface area contributed by atoms with Crippen molar-refractivity contribution in [3.63, 3.8) is 0 Å². The quantitative estimate of drug-likeness (QED) is 0.888. The van der Waals surface area contributed by atoms with Crippen LogP contribution in [0.25, 0.3) is 0 Å². The lowest BCUT2D eigenvalue weighted by Gasteiger charge is -2.15. The van der Waals surface area contributed by atoms with Gasteiger partial charge in [-0.2, -0.15) is 5.26 Å². The molecule has 0 atom stereocenters. The Balaban J connectivity index is 3.30. The first-order valence-electron chi connectivity index (χ1n) is 4.80. The van der Waals surface area contributed by atoms with Gasteiger partial charge in [-0.25, -0.2) is 4.98 Å². The number of pyridine rings is 1. The number of nitrogens with two attached hydrogens (primary N) is 1. The number of rotatable bonds is 4. The normalized spacial score (nSPS) is 10.9. The molecule has 0 amide bonds. The number of halogens is 3. The molecule has 1 aromatic heterocycles. The van der Waals surface area contributed by atoms with Crippen LogP contribution in [0, 0.1) is 11.3 Å². The number of alkyl halides is 3. The molecule has 8 heteroatoms. The second-order valence-electron chi connectivity index (χ2n) is 3.20. The highest BCUT2D eigenvalue weighted by Crippen LogP contribution is 2.34. The van der Waals surface area contributed by atoms with E-state index in [1.807, 2.05) is 0 Å². The van der Waals surface area contributed by atoms with Crippen LogP contribution in [0.1, 0.15) is 11.3 Å². The molecule has 5 nitrogen and oxygen atoms in total. The molecule has 0 saturated carbocycles. The van der Waals surface area contributed by atoms with E-state index in [9.17, 15) is 13.2 Å². The molecule has 18 heavy (non-hydrogen) atoms. The molecule has 1 heterocycles. The van der Waals surface area contributed by atoms with Gasteiger partial charge < -0.3 is 15.2 Å². The molecule has 1 rings (SSSR count). The van der Waals surface area contributed by atoms with E-state index in [0.717, 1.165) is 7.11 Å². The van der Waals surface area contributed by atoms with Crippen LogP contribution in [0.4, 0.5) is 13.2 Å². The zero-order valence-electron chi connectivity index (χ0n) is 9.41. The zero-order valence-corrected chi connectivity index (χ0v) is 9.41. The molecular formula is C10H10F3N3O2. The van der Waals surface area contributed by atoms with Gasteiger partial charge in [0.05, 0.1) is 25.3 Å². The van der Waals surface area contributed by atoms with Crippen molar-refractivity contribution in [3.8, 4) is 17.7 Å². The van der Waals surface area contributed by atoms with Crippen molar-refractivity contribution in [1.82, 2.24) is 4.98 Å². The van der Waals surface area contributed by atoms with Gasteiger partial charge in [0.1, 0.15) is 0 Å². The average molecular weight is 261 g/mol. The first-order valence-corrected chi connectivity index (χ1v) is 4.80. The Hall–Kier alpha value is -2.01. The van der Waals surface area contributed by atoms with Crippen molar-refractivity contribution in [3.05, 3.63) is 17.3 Å². The van der Waals surface area contributed by atoms with Crippen molar-refractivity contribution in [1.29, 1.82) is 5.26 Å². The molecule has 0 aliphatic rings. The van der Waals surface area contributed by atoms with Crippen molar-refractivity contribution in [2.75, 3.05) is 7.11 Å². The van der Waals surface area contributed by atoms with E-state index in [1.165, 1.54) is 6.07 Å². The summed E-state index contributed by atoms with van der Waals surface area (Å²) in [5.41, 5.74) is 5.69. The summed E-state index contributed by atoms with van der Waals surface area (Å²) in [6.07, 6.45) is -5.15. The van der Waals surface area contributed by atoms with E-state index < -0.39 is 12.1 Å². The topological polar surface area (TPSA) is 81.2 Å². The fraction of sp³-hybridized carbons (Fsp3) is 0.400. The Kier molecular flexibility index (Phi) is 4.33. The third kappa shape index (κ3) is 3.49. The molecule has 0 spiro atoms. The fourth-order valence-corrected chi connectivity index (χ4v) is 1.30. The van der Waals surface area contributed by atoms with Crippen molar-refractivity contribution in [2.24, 2.45) is 5.73 Å². The van der Waals surface area contributed by atoms with Crippen molar-refractivity contribution >= 4 is 0 Å². The lowest BCUT2D eigenvalue weighted by atomic mass is 10.1. The third-order valence-electron chi connectivity index (χ3n) is 1.96. The smallest absolute Gasteiger partial charge is 0.478 e. The van der Waals surface area contributed by atoms with Crippen LogP contribution in [0.2, 0.25) is 0 Å². The largest absolute Gasteiger partial charge is 0.573 e. The predicted molar refractivity (Wildman–Crippen MR) is 54.7 cm³/mol. The van der Waals surface area contributed by atoms with Gasteiger partial charge >= 0.3 is 6.36 Å². The summed E-state index contributed by atoms with van der Waals surface area (Å²) in [7, 11) is 1.15. The summed E-state index contributed by atoms with van der Waals surface area (Å²) < 4.78 is 45.3. The van der Waals surface area contributed by atoms with Gasteiger partial charge in [0.25, 0.3) is 5.88 Å². The summed E-state index contributed by atoms with van der Waals surface area (Å²) >= 11 is 0. The van der Waals surface area contributed by atoms with Gasteiger partial charge in [0.2, 0.25) is 0 Å². The number of hydrogen-bond acceptors (Lipinski definition) is 5. The summed E-state index contributed by atoms with van der Waals surface area (Å²) in [4.78, 5) is 3.76. The van der Waals surface area contributed by atoms with Crippen LogP contribution in [-0.2, 0) is 13.0 Å². The molecule has 0 fully saturated rings. The maximum Gasteiger partial charge on any atom is 0.573 e. The van der Waals surface area contributed by atoms with Gasteiger partial charge in [-0.1, -0.05) is 0 Å². The Bertz CT molecular complexity index is 469. The van der Waals surface area contributed by atoms with Crippen molar-refractivity contribution in [2.45, 2.75) is 19.3 Å². The first-order chi connectivity index (χ1) is 8.41. The van der Waals surface area contributed by atoms with E-state index in [-0.39, 0.29) is 24.4 Å². The minimum Gasteiger partial charge on any atom is -0.478 e. The summed E-state index contributed by atoms with van der Waals surface area (Å²) in [5, 5.41) is 8.59. The Labute approximate surface area is 101 Å². The Morgan fingerprint density at radius 2 is 2.17 bits per heavy atom. The molecule has 0 bridgehead atoms. The molecule has 0 saturated heterocycles. The highest BCUT2D eigenvalue weighted by atomic mass is 19.4. The van der Waals surface area contributed by atoms with Gasteiger partial charge in [0.15, 0.2) is 5.75 Å². The summed E-state index contributed by atoms with van der Waals surface area (Å²) in [5.74, 6) is -0.954. The van der Waals surface area contributed by atoms with Gasteiger partial charge in [-0.3, -0.25) is 0 Å². The molecule has 0 unspecified atom stereocenters. The van der Waals surface area contributed by atoms with Crippen molar-refractivity contribution < 1.29 is 22.6 Å². The highest BCUT2D eigenvalue weighted by Gasteiger charge is 2.34.